The van der Waals surface area contributed by atoms with Crippen LogP contribution in [0.3, 0.4) is 0 Å². The monoisotopic (exact) mass is 468 g/mol. The van der Waals surface area contributed by atoms with Crippen LogP contribution in [0.4, 0.5) is 15.9 Å². The third-order valence-corrected chi connectivity index (χ3v) is 7.24. The van der Waals surface area contributed by atoms with Crippen molar-refractivity contribution in [2.75, 3.05) is 5.32 Å². The fourth-order valence-corrected chi connectivity index (χ4v) is 5.11. The number of nitrogens with one attached hydrogen (secondary N) is 3. The third kappa shape index (κ3) is 4.35. The lowest BCUT2D eigenvalue weighted by Gasteiger charge is -2.35. The highest BCUT2D eigenvalue weighted by atomic mass is 35.5. The van der Waals surface area contributed by atoms with E-state index in [4.69, 9.17) is 16.7 Å². The Morgan fingerprint density at radius 2 is 2.12 bits per heavy atom. The van der Waals surface area contributed by atoms with E-state index >= 15 is 0 Å². The highest BCUT2D eigenvalue weighted by Crippen LogP contribution is 2.38. The molecule has 0 saturated heterocycles. The maximum atomic E-state index is 13.9. The molecular weight excluding hydrogens is 443 g/mol. The molecule has 2 aliphatic carbocycles. The van der Waals surface area contributed by atoms with Crippen LogP contribution < -0.4 is 16.2 Å². The summed E-state index contributed by atoms with van der Waals surface area (Å²) in [6, 6.07) is 9.26. The quantitative estimate of drug-likeness (QED) is 0.478. The molecule has 9 heteroatoms. The van der Waals surface area contributed by atoms with Crippen LogP contribution in [0.1, 0.15) is 45.1 Å². The highest BCUT2D eigenvalue weighted by molar-refractivity contribution is 6.30. The smallest absolute Gasteiger partial charge is 0.261 e. The number of anilines is 2. The van der Waals surface area contributed by atoms with Crippen LogP contribution in [0.5, 0.6) is 0 Å². The molecule has 2 aromatic heterocycles. The summed E-state index contributed by atoms with van der Waals surface area (Å²) >= 11 is 5.79. The van der Waals surface area contributed by atoms with Gasteiger partial charge in [0.25, 0.3) is 5.56 Å². The second kappa shape index (κ2) is 8.81. The van der Waals surface area contributed by atoms with E-state index in [2.05, 4.69) is 28.6 Å². The van der Waals surface area contributed by atoms with Gasteiger partial charge in [0.15, 0.2) is 5.82 Å². The van der Waals surface area contributed by atoms with Crippen LogP contribution in [-0.4, -0.2) is 26.8 Å². The first kappa shape index (κ1) is 21.9. The Balaban J connectivity index is 1.45. The molecule has 0 spiro atoms. The second-order valence-corrected chi connectivity index (χ2v) is 9.63. The lowest BCUT2D eigenvalue weighted by molar-refractivity contribution is 0.219. The van der Waals surface area contributed by atoms with Crippen LogP contribution in [0.15, 0.2) is 35.3 Å². The fraction of sp³-hybridized carbons (Fsp3) is 0.458. The molecular formula is C24H26ClFN6O. The molecule has 2 aliphatic rings. The number of fused-ring (bicyclic) bond motifs is 1. The van der Waals surface area contributed by atoms with Gasteiger partial charge in [0, 0.05) is 24.0 Å². The van der Waals surface area contributed by atoms with Gasteiger partial charge in [-0.1, -0.05) is 11.6 Å². The van der Waals surface area contributed by atoms with Crippen molar-refractivity contribution < 1.29 is 4.39 Å². The van der Waals surface area contributed by atoms with Crippen molar-refractivity contribution in [2.24, 2.45) is 11.8 Å². The molecule has 172 valence electrons. The highest BCUT2D eigenvalue weighted by Gasteiger charge is 2.36. The maximum Gasteiger partial charge on any atom is 0.261 e. The van der Waals surface area contributed by atoms with Gasteiger partial charge in [-0.05, 0) is 69.2 Å². The molecule has 2 fully saturated rings. The molecule has 2 heterocycles. The largest absolute Gasteiger partial charge is 0.338 e. The zero-order valence-electron chi connectivity index (χ0n) is 18.3. The summed E-state index contributed by atoms with van der Waals surface area (Å²) in [6.45, 7) is 2.23. The van der Waals surface area contributed by atoms with E-state index in [0.717, 1.165) is 25.2 Å². The van der Waals surface area contributed by atoms with E-state index < -0.39 is 5.82 Å². The number of H-pyrrole nitrogens is 1. The third-order valence-electron chi connectivity index (χ3n) is 6.93. The summed E-state index contributed by atoms with van der Waals surface area (Å²) in [4.78, 5) is 15.4. The number of pyridine rings is 1. The number of benzene rings is 1. The molecule has 0 radical (unpaired) electrons. The Morgan fingerprint density at radius 1 is 1.30 bits per heavy atom. The lowest BCUT2D eigenvalue weighted by atomic mass is 9.82. The molecule has 0 unspecified atom stereocenters. The molecule has 1 aromatic carbocycles. The van der Waals surface area contributed by atoms with Crippen molar-refractivity contribution >= 4 is 34.0 Å². The van der Waals surface area contributed by atoms with Crippen LogP contribution in [0.2, 0.25) is 5.02 Å². The predicted octanol–water partition coefficient (Wildman–Crippen LogP) is 4.88. The zero-order chi connectivity index (χ0) is 23.1. The van der Waals surface area contributed by atoms with Gasteiger partial charge in [0.05, 0.1) is 28.6 Å². The van der Waals surface area contributed by atoms with E-state index in [1.54, 1.807) is 23.0 Å². The van der Waals surface area contributed by atoms with Gasteiger partial charge in [0.2, 0.25) is 0 Å². The van der Waals surface area contributed by atoms with Crippen molar-refractivity contribution in [1.82, 2.24) is 20.1 Å². The summed E-state index contributed by atoms with van der Waals surface area (Å²) in [5.41, 5.74) is 0.794. The topological polar surface area (TPSA) is 98.5 Å². The van der Waals surface area contributed by atoms with Gasteiger partial charge < -0.3 is 15.6 Å². The van der Waals surface area contributed by atoms with E-state index in [0.29, 0.717) is 34.5 Å². The summed E-state index contributed by atoms with van der Waals surface area (Å²) in [6.07, 6.45) is 6.62. The van der Waals surface area contributed by atoms with E-state index in [1.165, 1.54) is 25.0 Å². The average Bonchev–Trinajstić information content (AvgIpc) is 3.59. The molecule has 4 atom stereocenters. The number of aromatic amines is 1. The molecule has 3 N–H and O–H groups in total. The van der Waals surface area contributed by atoms with Crippen LogP contribution in [0.25, 0.3) is 10.9 Å². The number of hydrogen-bond donors (Lipinski definition) is 3. The predicted molar refractivity (Wildman–Crippen MR) is 126 cm³/mol. The first-order chi connectivity index (χ1) is 15.9. The SMILES string of the molecule is C[C@H](N[C@@H]1CC[C@H](n2nc(Nc3ccc(Cl)c(F)c3)c3c(=O)[nH]ccc32)[C@@H](C#N)C1)C1CC1. The van der Waals surface area contributed by atoms with Gasteiger partial charge in [-0.15, -0.1) is 0 Å². The average molecular weight is 469 g/mol. The Labute approximate surface area is 195 Å². The molecule has 0 aliphatic heterocycles. The van der Waals surface area contributed by atoms with Gasteiger partial charge >= 0.3 is 0 Å². The summed E-state index contributed by atoms with van der Waals surface area (Å²) < 4.78 is 15.7. The van der Waals surface area contributed by atoms with E-state index in [1.807, 2.05) is 0 Å². The minimum absolute atomic E-state index is 0.0204. The Kier molecular flexibility index (Phi) is 5.85. The van der Waals surface area contributed by atoms with E-state index in [-0.39, 0.29) is 22.5 Å². The second-order valence-electron chi connectivity index (χ2n) is 9.22. The molecule has 2 saturated carbocycles. The standard InChI is InChI=1S/C24H26ClFN6O/c1-13(14-2-3-14)29-16-5-7-20(15(10-16)12-27)32-21-8-9-28-24(33)22(21)23(31-32)30-17-4-6-18(25)19(26)11-17/h4,6,8-9,11,13-16,20,29H,2-3,5,7,10H2,1H3,(H,28,33)(H,30,31)/t13-,15+,16+,20-/m0/s1. The van der Waals surface area contributed by atoms with Gasteiger partial charge in [-0.25, -0.2) is 4.39 Å². The number of nitriles is 1. The van der Waals surface area contributed by atoms with Crippen molar-refractivity contribution in [3.8, 4) is 6.07 Å². The van der Waals surface area contributed by atoms with Gasteiger partial charge in [-0.2, -0.15) is 10.4 Å². The Bertz CT molecular complexity index is 1280. The summed E-state index contributed by atoms with van der Waals surface area (Å²) in [5.74, 6) is 0.297. The zero-order valence-corrected chi connectivity index (χ0v) is 19.1. The Hall–Kier alpha value is -2.89. The van der Waals surface area contributed by atoms with E-state index in [9.17, 15) is 14.4 Å². The molecule has 33 heavy (non-hydrogen) atoms. The van der Waals surface area contributed by atoms with Gasteiger partial charge in [0.1, 0.15) is 11.2 Å². The fourth-order valence-electron chi connectivity index (χ4n) is 4.99. The van der Waals surface area contributed by atoms with Gasteiger partial charge in [-0.3, -0.25) is 9.48 Å². The van der Waals surface area contributed by atoms with Crippen molar-refractivity contribution in [3.05, 3.63) is 51.7 Å². The molecule has 7 nitrogen and oxygen atoms in total. The van der Waals surface area contributed by atoms with Crippen LogP contribution in [0, 0.1) is 29.0 Å². The minimum Gasteiger partial charge on any atom is -0.338 e. The first-order valence-electron chi connectivity index (χ1n) is 11.4. The lowest BCUT2D eigenvalue weighted by Crippen LogP contribution is -2.43. The number of halogens is 2. The summed E-state index contributed by atoms with van der Waals surface area (Å²) in [7, 11) is 0. The van der Waals surface area contributed by atoms with Crippen LogP contribution in [-0.2, 0) is 0 Å². The van der Waals surface area contributed by atoms with Crippen LogP contribution >= 0.6 is 11.6 Å². The van der Waals surface area contributed by atoms with Crippen molar-refractivity contribution in [2.45, 2.75) is 57.2 Å². The Morgan fingerprint density at radius 3 is 2.85 bits per heavy atom. The van der Waals surface area contributed by atoms with Crippen molar-refractivity contribution in [3.63, 3.8) is 0 Å². The number of aromatic nitrogens is 3. The summed E-state index contributed by atoms with van der Waals surface area (Å²) in [5, 5.41) is 21.8. The number of nitrogens with zero attached hydrogens (tertiary/aromatic N) is 3. The maximum absolute atomic E-state index is 13.9. The molecule has 5 rings (SSSR count). The van der Waals surface area contributed by atoms with Crippen molar-refractivity contribution in [1.29, 1.82) is 5.26 Å². The number of hydrogen-bond acceptors (Lipinski definition) is 5. The molecule has 0 bridgehead atoms. The normalized spacial score (nSPS) is 23.9. The molecule has 0 amide bonds. The molecule has 3 aromatic rings. The number of rotatable bonds is 6. The first-order valence-corrected chi connectivity index (χ1v) is 11.8. The minimum atomic E-state index is -0.560.